The van der Waals surface area contributed by atoms with Crippen molar-refractivity contribution < 1.29 is 5.11 Å². The van der Waals surface area contributed by atoms with Crippen LogP contribution in [-0.2, 0) is 5.41 Å². The van der Waals surface area contributed by atoms with Gasteiger partial charge in [-0.15, -0.1) is 0 Å². The van der Waals surface area contributed by atoms with Crippen molar-refractivity contribution in [3.05, 3.63) is 50.6 Å². The number of hydrogen-bond acceptors (Lipinski definition) is 5. The van der Waals surface area contributed by atoms with Gasteiger partial charge in [-0.25, -0.2) is 0 Å². The molecule has 0 amide bonds. The molecule has 0 aliphatic carbocycles. The fraction of sp³-hybridized carbons (Fsp3) is 0.286. The number of aromatic nitrogens is 3. The molecule has 0 spiro atoms. The van der Waals surface area contributed by atoms with Gasteiger partial charge < -0.3 is 5.11 Å². The molecule has 0 bridgehead atoms. The summed E-state index contributed by atoms with van der Waals surface area (Å²) in [5.74, 6) is 0.126. The van der Waals surface area contributed by atoms with E-state index in [4.69, 9.17) is 12.2 Å². The maximum Gasteiger partial charge on any atom is 0.297 e. The predicted molar refractivity (Wildman–Crippen MR) is 83.5 cm³/mol. The molecule has 0 unspecified atom stereocenters. The van der Waals surface area contributed by atoms with Crippen LogP contribution in [0.3, 0.4) is 0 Å². The molecule has 6 nitrogen and oxygen atoms in total. The smallest absolute Gasteiger partial charge is 0.297 e. The van der Waals surface area contributed by atoms with Crippen LogP contribution in [0.2, 0.25) is 0 Å². The SMILES string of the molecule is CC(C)(C)c1n[nH]c(=S)n(/N=C\c2cccc(O)c2)c1=O. The highest BCUT2D eigenvalue weighted by Gasteiger charge is 2.21. The number of nitrogens with zero attached hydrogens (tertiary/aromatic N) is 3. The van der Waals surface area contributed by atoms with Crippen molar-refractivity contribution >= 4 is 18.4 Å². The second kappa shape index (κ2) is 5.61. The van der Waals surface area contributed by atoms with Crippen LogP contribution in [-0.4, -0.2) is 26.2 Å². The van der Waals surface area contributed by atoms with Crippen molar-refractivity contribution in [3.63, 3.8) is 0 Å². The summed E-state index contributed by atoms with van der Waals surface area (Å²) in [4.78, 5) is 12.4. The summed E-state index contributed by atoms with van der Waals surface area (Å²) in [5, 5.41) is 20.1. The summed E-state index contributed by atoms with van der Waals surface area (Å²) in [6, 6.07) is 6.54. The third-order valence-corrected chi connectivity index (χ3v) is 3.02. The molecule has 0 aliphatic heterocycles. The lowest BCUT2D eigenvalue weighted by Gasteiger charge is -2.16. The van der Waals surface area contributed by atoms with E-state index in [1.165, 1.54) is 12.3 Å². The highest BCUT2D eigenvalue weighted by molar-refractivity contribution is 7.71. The maximum absolute atomic E-state index is 12.4. The Balaban J connectivity index is 2.50. The molecule has 0 saturated carbocycles. The van der Waals surface area contributed by atoms with Crippen LogP contribution in [0.15, 0.2) is 34.2 Å². The van der Waals surface area contributed by atoms with Gasteiger partial charge in [0.25, 0.3) is 5.56 Å². The van der Waals surface area contributed by atoms with Gasteiger partial charge in [-0.2, -0.15) is 14.9 Å². The molecule has 1 aromatic carbocycles. The average Bonchev–Trinajstić information content (AvgIpc) is 2.37. The standard InChI is InChI=1S/C14H16N4O2S/c1-14(2,3)11-12(20)18(13(21)17-16-11)15-8-9-5-4-6-10(19)7-9/h4-8,19H,1-3H3,(H,17,21)/b15-8-. The van der Waals surface area contributed by atoms with Crippen LogP contribution in [0, 0.1) is 4.77 Å². The molecule has 0 radical (unpaired) electrons. The zero-order valence-corrected chi connectivity index (χ0v) is 12.8. The first kappa shape index (κ1) is 15.1. The number of aromatic hydroxyl groups is 1. The van der Waals surface area contributed by atoms with Crippen LogP contribution < -0.4 is 5.56 Å². The van der Waals surface area contributed by atoms with Crippen molar-refractivity contribution in [1.29, 1.82) is 0 Å². The van der Waals surface area contributed by atoms with Crippen molar-refractivity contribution in [2.24, 2.45) is 5.10 Å². The topological polar surface area (TPSA) is 83.3 Å². The lowest BCUT2D eigenvalue weighted by atomic mass is 9.93. The maximum atomic E-state index is 12.4. The molecule has 1 heterocycles. The van der Waals surface area contributed by atoms with E-state index in [1.54, 1.807) is 18.2 Å². The first-order valence-corrected chi connectivity index (χ1v) is 6.75. The fourth-order valence-electron chi connectivity index (χ4n) is 1.71. The molecule has 2 rings (SSSR count). The Hall–Kier alpha value is -2.28. The van der Waals surface area contributed by atoms with Gasteiger partial charge in [-0.3, -0.25) is 9.89 Å². The Bertz CT molecular complexity index is 800. The van der Waals surface area contributed by atoms with E-state index < -0.39 is 5.41 Å². The molecule has 1 aromatic heterocycles. The Labute approximate surface area is 126 Å². The summed E-state index contributed by atoms with van der Waals surface area (Å²) in [7, 11) is 0. The van der Waals surface area contributed by atoms with Gasteiger partial charge in [0.05, 0.1) is 6.21 Å². The van der Waals surface area contributed by atoms with Crippen molar-refractivity contribution in [2.45, 2.75) is 26.2 Å². The summed E-state index contributed by atoms with van der Waals surface area (Å²) in [6.07, 6.45) is 1.46. The van der Waals surface area contributed by atoms with Crippen LogP contribution >= 0.6 is 12.2 Å². The van der Waals surface area contributed by atoms with Gasteiger partial charge >= 0.3 is 0 Å². The summed E-state index contributed by atoms with van der Waals surface area (Å²) in [6.45, 7) is 5.66. The molecule has 2 N–H and O–H groups in total. The Kier molecular flexibility index (Phi) is 4.04. The lowest BCUT2D eigenvalue weighted by molar-refractivity contribution is 0.475. The number of phenolic OH excluding ortho intramolecular Hbond substituents is 1. The molecule has 110 valence electrons. The third-order valence-electron chi connectivity index (χ3n) is 2.75. The second-order valence-electron chi connectivity index (χ2n) is 5.58. The molecule has 7 heteroatoms. The molecule has 0 saturated heterocycles. The average molecular weight is 304 g/mol. The third kappa shape index (κ3) is 3.43. The number of nitrogens with one attached hydrogen (secondary N) is 1. The number of aromatic amines is 1. The number of H-pyrrole nitrogens is 1. The summed E-state index contributed by atoms with van der Waals surface area (Å²) in [5.41, 5.74) is 0.232. The fourth-order valence-corrected chi connectivity index (χ4v) is 1.89. The van der Waals surface area contributed by atoms with E-state index in [9.17, 15) is 9.90 Å². The van der Waals surface area contributed by atoms with Crippen LogP contribution in [0.1, 0.15) is 32.0 Å². The quantitative estimate of drug-likeness (QED) is 0.658. The molecule has 0 atom stereocenters. The number of benzene rings is 1. The zero-order chi connectivity index (χ0) is 15.6. The van der Waals surface area contributed by atoms with E-state index >= 15 is 0 Å². The summed E-state index contributed by atoms with van der Waals surface area (Å²) >= 11 is 5.04. The minimum atomic E-state index is -0.418. The Morgan fingerprint density at radius 2 is 2.14 bits per heavy atom. The van der Waals surface area contributed by atoms with E-state index in [2.05, 4.69) is 15.3 Å². The first-order chi connectivity index (χ1) is 9.79. The van der Waals surface area contributed by atoms with Gasteiger partial charge in [0, 0.05) is 5.41 Å². The van der Waals surface area contributed by atoms with Gasteiger partial charge in [0.2, 0.25) is 4.77 Å². The molecular weight excluding hydrogens is 288 g/mol. The van der Waals surface area contributed by atoms with Gasteiger partial charge in [0.1, 0.15) is 11.4 Å². The Morgan fingerprint density at radius 3 is 2.76 bits per heavy atom. The molecule has 0 fully saturated rings. The van der Waals surface area contributed by atoms with Gasteiger partial charge in [-0.1, -0.05) is 32.9 Å². The zero-order valence-electron chi connectivity index (χ0n) is 12.0. The monoisotopic (exact) mass is 304 g/mol. The van der Waals surface area contributed by atoms with Gasteiger partial charge in [-0.05, 0) is 29.9 Å². The number of hydrogen-bond donors (Lipinski definition) is 2. The molecule has 2 aromatic rings. The van der Waals surface area contributed by atoms with Crippen molar-refractivity contribution in [2.75, 3.05) is 0 Å². The van der Waals surface area contributed by atoms with Crippen molar-refractivity contribution in [1.82, 2.24) is 14.9 Å². The van der Waals surface area contributed by atoms with E-state index in [1.807, 2.05) is 20.8 Å². The number of rotatable bonds is 2. The van der Waals surface area contributed by atoms with Crippen LogP contribution in [0.25, 0.3) is 0 Å². The highest BCUT2D eigenvalue weighted by atomic mass is 32.1. The predicted octanol–water partition coefficient (Wildman–Crippen LogP) is 2.19. The van der Waals surface area contributed by atoms with Crippen LogP contribution in [0.5, 0.6) is 5.75 Å². The van der Waals surface area contributed by atoms with Crippen molar-refractivity contribution in [3.8, 4) is 5.75 Å². The van der Waals surface area contributed by atoms with E-state index in [-0.39, 0.29) is 16.1 Å². The molecular formula is C14H16N4O2S. The lowest BCUT2D eigenvalue weighted by Crippen LogP contribution is -2.32. The summed E-state index contributed by atoms with van der Waals surface area (Å²) < 4.78 is 1.21. The molecule has 21 heavy (non-hydrogen) atoms. The highest BCUT2D eigenvalue weighted by Crippen LogP contribution is 2.15. The van der Waals surface area contributed by atoms with E-state index in [0.717, 1.165) is 4.68 Å². The van der Waals surface area contributed by atoms with Crippen LogP contribution in [0.4, 0.5) is 0 Å². The second-order valence-corrected chi connectivity index (χ2v) is 5.97. The normalized spacial score (nSPS) is 12.0. The molecule has 0 aliphatic rings. The Morgan fingerprint density at radius 1 is 1.43 bits per heavy atom. The minimum absolute atomic E-state index is 0.115. The van der Waals surface area contributed by atoms with Gasteiger partial charge in [0.15, 0.2) is 0 Å². The minimum Gasteiger partial charge on any atom is -0.508 e. The van der Waals surface area contributed by atoms with E-state index in [0.29, 0.717) is 11.3 Å². The first-order valence-electron chi connectivity index (χ1n) is 6.34. The number of phenols is 1. The largest absolute Gasteiger partial charge is 0.508 e.